The maximum absolute atomic E-state index is 6.57. The van der Waals surface area contributed by atoms with Crippen molar-refractivity contribution in [3.8, 4) is 0 Å². The molecule has 2 fully saturated rings. The maximum Gasteiger partial charge on any atom is 0.502 e. The van der Waals surface area contributed by atoms with Crippen LogP contribution in [-0.4, -0.2) is 37.8 Å². The van der Waals surface area contributed by atoms with Crippen molar-refractivity contribution in [1.29, 1.82) is 0 Å². The summed E-state index contributed by atoms with van der Waals surface area (Å²) in [7, 11) is -2.83. The molecule has 1 saturated heterocycles. The summed E-state index contributed by atoms with van der Waals surface area (Å²) in [5.41, 5.74) is -0.875. The summed E-state index contributed by atoms with van der Waals surface area (Å²) in [5, 5.41) is 0. The molecule has 0 aromatic heterocycles. The zero-order valence-corrected chi connectivity index (χ0v) is 18.9. The van der Waals surface area contributed by atoms with E-state index in [9.17, 15) is 0 Å². The summed E-state index contributed by atoms with van der Waals surface area (Å²) in [6.45, 7) is 18.8. The molecule has 1 saturated carbocycles. The van der Waals surface area contributed by atoms with E-state index in [0.717, 1.165) is 12.5 Å². The third-order valence-electron chi connectivity index (χ3n) is 4.36. The van der Waals surface area contributed by atoms with E-state index in [1.165, 1.54) is 19.3 Å². The first-order valence-corrected chi connectivity index (χ1v) is 11.9. The maximum atomic E-state index is 6.57. The number of hydrogen-bond acceptors (Lipinski definition) is 4. The Kier molecular flexibility index (Phi) is 6.18. The zero-order valence-electron chi connectivity index (χ0n) is 17.9. The van der Waals surface area contributed by atoms with Gasteiger partial charge < -0.3 is 18.0 Å². The van der Waals surface area contributed by atoms with Crippen LogP contribution in [0, 0.1) is 5.92 Å². The highest BCUT2D eigenvalue weighted by Crippen LogP contribution is 2.42. The van der Waals surface area contributed by atoms with Gasteiger partial charge in [0.15, 0.2) is 0 Å². The predicted octanol–water partition coefficient (Wildman–Crippen LogP) is 5.33. The molecule has 5 heteroatoms. The average Bonchev–Trinajstić information content (AvgIpc) is 3.07. The fourth-order valence-electron chi connectivity index (χ4n) is 3.74. The van der Waals surface area contributed by atoms with Gasteiger partial charge >= 0.3 is 8.80 Å². The third-order valence-corrected chi connectivity index (χ3v) is 8.03. The molecule has 0 aromatic carbocycles. The Morgan fingerprint density at radius 3 is 1.64 bits per heavy atom. The van der Waals surface area contributed by atoms with Gasteiger partial charge in [-0.2, -0.15) is 0 Å². The zero-order chi connectivity index (χ0) is 19.1. The van der Waals surface area contributed by atoms with E-state index in [-0.39, 0.29) is 16.8 Å². The third kappa shape index (κ3) is 7.67. The Morgan fingerprint density at radius 2 is 1.24 bits per heavy atom. The SMILES string of the molecule is CC(C)(C)O[Si](CCC1CCC2OC2C1)(OC(C)(C)C)OC(C)(C)C. The first-order valence-electron chi connectivity index (χ1n) is 9.92. The van der Waals surface area contributed by atoms with Crippen LogP contribution in [-0.2, 0) is 18.0 Å². The highest BCUT2D eigenvalue weighted by atomic mass is 28.4. The predicted molar refractivity (Wildman–Crippen MR) is 104 cm³/mol. The molecule has 2 rings (SSSR count). The summed E-state index contributed by atoms with van der Waals surface area (Å²) >= 11 is 0. The van der Waals surface area contributed by atoms with Crippen molar-refractivity contribution in [3.63, 3.8) is 0 Å². The lowest BCUT2D eigenvalue weighted by atomic mass is 9.88. The van der Waals surface area contributed by atoms with Crippen LogP contribution in [0.1, 0.15) is 88.0 Å². The number of epoxide rings is 1. The van der Waals surface area contributed by atoms with E-state index < -0.39 is 8.80 Å². The fourth-order valence-corrected chi connectivity index (χ4v) is 7.74. The lowest BCUT2D eigenvalue weighted by Crippen LogP contribution is -2.57. The average molecular weight is 373 g/mol. The lowest BCUT2D eigenvalue weighted by Gasteiger charge is -2.43. The first-order chi connectivity index (χ1) is 11.2. The minimum Gasteiger partial charge on any atom is -0.370 e. The molecule has 0 N–H and O–H groups in total. The van der Waals surface area contributed by atoms with Crippen LogP contribution >= 0.6 is 0 Å². The quantitative estimate of drug-likeness (QED) is 0.467. The Morgan fingerprint density at radius 1 is 0.760 bits per heavy atom. The van der Waals surface area contributed by atoms with Crippen LogP contribution in [0.15, 0.2) is 0 Å². The van der Waals surface area contributed by atoms with Crippen LogP contribution < -0.4 is 0 Å². The standard InChI is InChI=1S/C20H40O4Si/c1-18(2,3)22-25(23-19(4,5)6,24-20(7,8)9)13-12-15-10-11-16-17(14-15)21-16/h15-17H,10-14H2,1-9H3. The Hall–Kier alpha value is 0.0569. The Balaban J connectivity index is 2.13. The summed E-state index contributed by atoms with van der Waals surface area (Å²) < 4.78 is 25.4. The number of hydrogen-bond donors (Lipinski definition) is 0. The molecule has 4 nitrogen and oxygen atoms in total. The molecule has 3 atom stereocenters. The van der Waals surface area contributed by atoms with Crippen molar-refractivity contribution >= 4 is 8.80 Å². The van der Waals surface area contributed by atoms with Crippen molar-refractivity contribution < 1.29 is 18.0 Å². The van der Waals surface area contributed by atoms with Gasteiger partial charge in [-0.25, -0.2) is 0 Å². The highest BCUT2D eigenvalue weighted by Gasteiger charge is 2.51. The minimum atomic E-state index is -2.83. The Bertz CT molecular complexity index is 403. The van der Waals surface area contributed by atoms with Gasteiger partial charge in [0, 0.05) is 6.04 Å². The van der Waals surface area contributed by atoms with Gasteiger partial charge in [-0.1, -0.05) is 0 Å². The molecule has 148 valence electrons. The van der Waals surface area contributed by atoms with Crippen LogP contribution in [0.25, 0.3) is 0 Å². The van der Waals surface area contributed by atoms with Crippen LogP contribution in [0.5, 0.6) is 0 Å². The van der Waals surface area contributed by atoms with E-state index in [0.29, 0.717) is 18.1 Å². The molecular formula is C20H40O4Si. The molecule has 0 aromatic rings. The van der Waals surface area contributed by atoms with E-state index in [4.69, 9.17) is 18.0 Å². The lowest BCUT2D eigenvalue weighted by molar-refractivity contribution is -0.0760. The first kappa shape index (κ1) is 21.4. The molecule has 1 aliphatic carbocycles. The summed E-state index contributed by atoms with van der Waals surface area (Å²) in [6, 6.07) is 0.876. The van der Waals surface area contributed by atoms with Gasteiger partial charge in [0.25, 0.3) is 0 Å². The molecular weight excluding hydrogens is 332 g/mol. The van der Waals surface area contributed by atoms with E-state index in [1.807, 2.05) is 0 Å². The molecule has 25 heavy (non-hydrogen) atoms. The van der Waals surface area contributed by atoms with Crippen molar-refractivity contribution in [2.45, 2.75) is 123 Å². The summed E-state index contributed by atoms with van der Waals surface area (Å²) in [4.78, 5) is 0. The summed E-state index contributed by atoms with van der Waals surface area (Å²) in [6.07, 6.45) is 5.83. The fraction of sp³-hybridized carbons (Fsp3) is 1.00. The van der Waals surface area contributed by atoms with Gasteiger partial charge in [0.1, 0.15) is 0 Å². The van der Waals surface area contributed by atoms with Crippen LogP contribution in [0.4, 0.5) is 0 Å². The molecule has 0 spiro atoms. The molecule has 1 aliphatic heterocycles. The van der Waals surface area contributed by atoms with Crippen LogP contribution in [0.2, 0.25) is 6.04 Å². The number of ether oxygens (including phenoxy) is 1. The molecule has 1 heterocycles. The second-order valence-corrected chi connectivity index (χ2v) is 13.2. The van der Waals surface area contributed by atoms with Crippen molar-refractivity contribution in [2.24, 2.45) is 5.92 Å². The summed E-state index contributed by atoms with van der Waals surface area (Å²) in [5.74, 6) is 0.700. The van der Waals surface area contributed by atoms with Gasteiger partial charge in [0.05, 0.1) is 29.0 Å². The van der Waals surface area contributed by atoms with E-state index >= 15 is 0 Å². The number of fused-ring (bicyclic) bond motifs is 1. The van der Waals surface area contributed by atoms with Gasteiger partial charge in [0.2, 0.25) is 0 Å². The smallest absolute Gasteiger partial charge is 0.370 e. The Labute approximate surface area is 156 Å². The van der Waals surface area contributed by atoms with E-state index in [1.54, 1.807) is 0 Å². The molecule has 0 radical (unpaired) electrons. The molecule has 0 amide bonds. The monoisotopic (exact) mass is 372 g/mol. The second-order valence-electron chi connectivity index (χ2n) is 10.8. The van der Waals surface area contributed by atoms with Gasteiger partial charge in [-0.05, 0) is 93.9 Å². The minimum absolute atomic E-state index is 0.292. The molecule has 0 bridgehead atoms. The van der Waals surface area contributed by atoms with Crippen molar-refractivity contribution in [3.05, 3.63) is 0 Å². The second kappa shape index (κ2) is 7.23. The van der Waals surface area contributed by atoms with Crippen molar-refractivity contribution in [2.75, 3.05) is 0 Å². The molecule has 3 unspecified atom stereocenters. The van der Waals surface area contributed by atoms with E-state index in [2.05, 4.69) is 62.3 Å². The van der Waals surface area contributed by atoms with Crippen molar-refractivity contribution in [1.82, 2.24) is 0 Å². The van der Waals surface area contributed by atoms with Crippen LogP contribution in [0.3, 0.4) is 0 Å². The normalized spacial score (nSPS) is 28.0. The number of rotatable bonds is 6. The van der Waals surface area contributed by atoms with Gasteiger partial charge in [-0.15, -0.1) is 0 Å². The molecule has 2 aliphatic rings. The topological polar surface area (TPSA) is 40.2 Å². The highest BCUT2D eigenvalue weighted by molar-refractivity contribution is 6.61. The van der Waals surface area contributed by atoms with Gasteiger partial charge in [-0.3, -0.25) is 0 Å². The largest absolute Gasteiger partial charge is 0.502 e.